The average Bonchev–Trinajstić information content (AvgIpc) is 2.81. The molecule has 0 radical (unpaired) electrons. The molecular weight excluding hydrogens is 281 g/mol. The van der Waals surface area contributed by atoms with Gasteiger partial charge in [-0.15, -0.1) is 0 Å². The summed E-state index contributed by atoms with van der Waals surface area (Å²) in [5, 5.41) is 0.940. The van der Waals surface area contributed by atoms with E-state index in [0.717, 1.165) is 22.2 Å². The molecule has 2 aromatic carbocycles. The van der Waals surface area contributed by atoms with Crippen LogP contribution in [0.3, 0.4) is 0 Å². The highest BCUT2D eigenvalue weighted by atomic mass is 35.5. The predicted octanol–water partition coefficient (Wildman–Crippen LogP) is 4.87. The van der Waals surface area contributed by atoms with Crippen LogP contribution in [0.15, 0.2) is 48.5 Å². The first-order chi connectivity index (χ1) is 9.15. The van der Waals surface area contributed by atoms with Gasteiger partial charge in [-0.2, -0.15) is 0 Å². The highest BCUT2D eigenvalue weighted by molar-refractivity contribution is 6.68. The lowest BCUT2D eigenvalue weighted by atomic mass is 10.1. The van der Waals surface area contributed by atoms with E-state index in [1.54, 1.807) is 12.1 Å². The van der Waals surface area contributed by atoms with Crippen molar-refractivity contribution in [3.63, 3.8) is 0 Å². The molecule has 2 nitrogen and oxygen atoms in total. The number of para-hydroxylation sites is 1. The Morgan fingerprint density at radius 1 is 1.05 bits per heavy atom. The molecule has 4 heteroatoms. The largest absolute Gasteiger partial charge is 0.355 e. The summed E-state index contributed by atoms with van der Waals surface area (Å²) in [7, 11) is 0. The van der Waals surface area contributed by atoms with E-state index in [-0.39, 0.29) is 0 Å². The maximum absolute atomic E-state index is 11.1. The molecule has 0 amide bonds. The van der Waals surface area contributed by atoms with Gasteiger partial charge in [0.2, 0.25) is 0 Å². The molecule has 0 fully saturated rings. The number of carbonyl (C=O) groups is 1. The van der Waals surface area contributed by atoms with Crippen molar-refractivity contribution in [1.82, 2.24) is 4.98 Å². The van der Waals surface area contributed by atoms with Crippen LogP contribution >= 0.6 is 23.2 Å². The van der Waals surface area contributed by atoms with Gasteiger partial charge in [0.05, 0.1) is 10.6 Å². The number of halogens is 2. The smallest absolute Gasteiger partial charge is 0.253 e. The maximum atomic E-state index is 11.1. The van der Waals surface area contributed by atoms with Gasteiger partial charge in [-0.1, -0.05) is 35.9 Å². The number of carbonyl (C=O) groups excluding carboxylic acids is 1. The van der Waals surface area contributed by atoms with Gasteiger partial charge in [0, 0.05) is 16.6 Å². The zero-order chi connectivity index (χ0) is 13.4. The number of nitrogens with one attached hydrogen (secondary N) is 1. The van der Waals surface area contributed by atoms with Crippen molar-refractivity contribution in [2.24, 2.45) is 0 Å². The molecule has 19 heavy (non-hydrogen) atoms. The predicted molar refractivity (Wildman–Crippen MR) is 78.9 cm³/mol. The van der Waals surface area contributed by atoms with Gasteiger partial charge in [0.1, 0.15) is 0 Å². The third kappa shape index (κ3) is 2.25. The molecule has 0 spiro atoms. The minimum absolute atomic E-state index is 0.322. The molecule has 0 aliphatic carbocycles. The van der Waals surface area contributed by atoms with Gasteiger partial charge in [0.25, 0.3) is 5.24 Å². The fourth-order valence-electron chi connectivity index (χ4n) is 2.07. The summed E-state index contributed by atoms with van der Waals surface area (Å²) in [4.78, 5) is 14.4. The molecule has 1 heterocycles. The number of benzene rings is 2. The lowest BCUT2D eigenvalue weighted by molar-refractivity contribution is 0.108. The Bertz CT molecular complexity index is 744. The molecule has 0 atom stereocenters. The summed E-state index contributed by atoms with van der Waals surface area (Å²) >= 11 is 11.5. The van der Waals surface area contributed by atoms with E-state index in [2.05, 4.69) is 4.98 Å². The Hall–Kier alpha value is -1.77. The number of aromatic nitrogens is 1. The Kier molecular flexibility index (Phi) is 3.05. The molecule has 1 N–H and O–H groups in total. The maximum Gasteiger partial charge on any atom is 0.253 e. The van der Waals surface area contributed by atoms with Crippen LogP contribution in [-0.2, 0) is 0 Å². The van der Waals surface area contributed by atoms with Gasteiger partial charge in [0.15, 0.2) is 0 Å². The fourth-order valence-corrected chi connectivity index (χ4v) is 2.55. The molecule has 0 aliphatic heterocycles. The van der Waals surface area contributed by atoms with Crippen LogP contribution in [-0.4, -0.2) is 10.2 Å². The minimum Gasteiger partial charge on any atom is -0.355 e. The number of H-pyrrole nitrogens is 1. The third-order valence-electron chi connectivity index (χ3n) is 3.02. The van der Waals surface area contributed by atoms with E-state index in [1.807, 2.05) is 36.4 Å². The Morgan fingerprint density at radius 3 is 2.53 bits per heavy atom. The SMILES string of the molecule is O=C(Cl)c1ccc(-c2cc3ccccc3[nH]2)cc1Cl. The first kappa shape index (κ1) is 12.3. The van der Waals surface area contributed by atoms with Crippen molar-refractivity contribution in [1.29, 1.82) is 0 Å². The Balaban J connectivity index is 2.11. The second-order valence-corrected chi connectivity index (χ2v) is 4.99. The average molecular weight is 290 g/mol. The molecule has 3 rings (SSSR count). The van der Waals surface area contributed by atoms with E-state index in [9.17, 15) is 4.79 Å². The number of hydrogen-bond donors (Lipinski definition) is 1. The van der Waals surface area contributed by atoms with Crippen molar-refractivity contribution in [3.8, 4) is 11.3 Å². The lowest BCUT2D eigenvalue weighted by Crippen LogP contribution is -1.90. The van der Waals surface area contributed by atoms with Crippen LogP contribution in [0.4, 0.5) is 0 Å². The molecule has 0 saturated heterocycles. The number of aromatic amines is 1. The second kappa shape index (κ2) is 4.72. The molecule has 3 aromatic rings. The van der Waals surface area contributed by atoms with E-state index < -0.39 is 5.24 Å². The Labute approximate surface area is 120 Å². The second-order valence-electron chi connectivity index (χ2n) is 4.24. The molecule has 0 aliphatic rings. The highest BCUT2D eigenvalue weighted by Crippen LogP contribution is 2.28. The van der Waals surface area contributed by atoms with Crippen LogP contribution in [0.2, 0.25) is 5.02 Å². The third-order valence-corrected chi connectivity index (χ3v) is 3.54. The van der Waals surface area contributed by atoms with Crippen molar-refractivity contribution in [3.05, 3.63) is 59.1 Å². The van der Waals surface area contributed by atoms with Gasteiger partial charge < -0.3 is 4.98 Å². The topological polar surface area (TPSA) is 32.9 Å². The summed E-state index contributed by atoms with van der Waals surface area (Å²) in [6.07, 6.45) is 0. The van der Waals surface area contributed by atoms with Crippen LogP contribution in [0, 0.1) is 0 Å². The highest BCUT2D eigenvalue weighted by Gasteiger charge is 2.10. The van der Waals surface area contributed by atoms with Crippen molar-refractivity contribution in [2.75, 3.05) is 0 Å². The summed E-state index contributed by atoms with van der Waals surface area (Å²) in [6.45, 7) is 0. The molecule has 0 saturated carbocycles. The van der Waals surface area contributed by atoms with Crippen molar-refractivity contribution in [2.45, 2.75) is 0 Å². The molecule has 0 bridgehead atoms. The minimum atomic E-state index is -0.548. The van der Waals surface area contributed by atoms with Gasteiger partial charge in [-0.3, -0.25) is 4.79 Å². The van der Waals surface area contributed by atoms with Crippen LogP contribution < -0.4 is 0 Å². The summed E-state index contributed by atoms with van der Waals surface area (Å²) in [5.41, 5.74) is 3.26. The summed E-state index contributed by atoms with van der Waals surface area (Å²) in [5.74, 6) is 0. The van der Waals surface area contributed by atoms with Gasteiger partial charge in [-0.05, 0) is 41.4 Å². The standard InChI is InChI=1S/C15H9Cl2NO/c16-12-7-10(5-6-11(12)15(17)19)14-8-9-3-1-2-4-13(9)18-14/h1-8,18H. The van der Waals surface area contributed by atoms with E-state index >= 15 is 0 Å². The Morgan fingerprint density at radius 2 is 1.84 bits per heavy atom. The molecule has 94 valence electrons. The molecule has 1 aromatic heterocycles. The first-order valence-corrected chi connectivity index (χ1v) is 6.48. The van der Waals surface area contributed by atoms with E-state index in [0.29, 0.717) is 10.6 Å². The normalized spacial score (nSPS) is 10.8. The summed E-state index contributed by atoms with van der Waals surface area (Å²) < 4.78 is 0. The first-order valence-electron chi connectivity index (χ1n) is 5.72. The number of fused-ring (bicyclic) bond motifs is 1. The van der Waals surface area contributed by atoms with E-state index in [1.165, 1.54) is 0 Å². The van der Waals surface area contributed by atoms with Crippen LogP contribution in [0.1, 0.15) is 10.4 Å². The lowest BCUT2D eigenvalue weighted by Gasteiger charge is -2.02. The summed E-state index contributed by atoms with van der Waals surface area (Å²) in [6, 6.07) is 15.3. The van der Waals surface area contributed by atoms with Crippen molar-refractivity contribution >= 4 is 39.3 Å². The number of hydrogen-bond acceptors (Lipinski definition) is 1. The van der Waals surface area contributed by atoms with E-state index in [4.69, 9.17) is 23.2 Å². The monoisotopic (exact) mass is 289 g/mol. The van der Waals surface area contributed by atoms with Gasteiger partial charge in [-0.25, -0.2) is 0 Å². The van der Waals surface area contributed by atoms with Gasteiger partial charge >= 0.3 is 0 Å². The zero-order valence-corrected chi connectivity index (χ0v) is 11.3. The van der Waals surface area contributed by atoms with Crippen LogP contribution in [0.5, 0.6) is 0 Å². The molecule has 0 unspecified atom stereocenters. The van der Waals surface area contributed by atoms with Crippen LogP contribution in [0.25, 0.3) is 22.2 Å². The quantitative estimate of drug-likeness (QED) is 0.671. The number of rotatable bonds is 2. The molecular formula is C15H9Cl2NO. The van der Waals surface area contributed by atoms with Crippen molar-refractivity contribution < 1.29 is 4.79 Å². The zero-order valence-electron chi connectivity index (χ0n) is 9.78. The fraction of sp³-hybridized carbons (Fsp3) is 0.